The van der Waals surface area contributed by atoms with Crippen LogP contribution in [0.1, 0.15) is 21.6 Å². The van der Waals surface area contributed by atoms with Gasteiger partial charge in [0.2, 0.25) is 0 Å². The number of nitro benzene ring substituents is 1. The Balaban J connectivity index is 2.09. The highest BCUT2D eigenvalue weighted by molar-refractivity contribution is 5.91. The van der Waals surface area contributed by atoms with E-state index >= 15 is 0 Å². The zero-order valence-electron chi connectivity index (χ0n) is 13.5. The highest BCUT2D eigenvalue weighted by atomic mass is 16.6. The van der Waals surface area contributed by atoms with Gasteiger partial charge in [0.1, 0.15) is 0 Å². The van der Waals surface area contributed by atoms with Gasteiger partial charge in [-0.25, -0.2) is 4.79 Å². The highest BCUT2D eigenvalue weighted by Crippen LogP contribution is 2.28. The molecule has 0 saturated carbocycles. The number of hydrogen-bond acceptors (Lipinski definition) is 3. The molecule has 0 aliphatic rings. The summed E-state index contributed by atoms with van der Waals surface area (Å²) in [5.74, 6) is -0.993. The number of non-ortho nitro benzene ring substituents is 1. The lowest BCUT2D eigenvalue weighted by Crippen LogP contribution is -2.06. The van der Waals surface area contributed by atoms with Crippen LogP contribution in [0.4, 0.5) is 5.69 Å². The summed E-state index contributed by atoms with van der Waals surface area (Å²) in [5, 5.41) is 20.3. The van der Waals surface area contributed by atoms with Crippen molar-refractivity contribution in [1.29, 1.82) is 0 Å². The van der Waals surface area contributed by atoms with Crippen molar-refractivity contribution < 1.29 is 14.8 Å². The molecule has 0 aliphatic carbocycles. The van der Waals surface area contributed by atoms with Crippen LogP contribution in [0.15, 0.2) is 60.7 Å². The van der Waals surface area contributed by atoms with Crippen molar-refractivity contribution in [3.05, 3.63) is 87.6 Å². The van der Waals surface area contributed by atoms with E-state index in [0.29, 0.717) is 17.9 Å². The molecule has 1 N–H and O–H groups in total. The number of aromatic carboxylic acids is 1. The Labute approximate surface area is 144 Å². The second-order valence-electron chi connectivity index (χ2n) is 5.71. The largest absolute Gasteiger partial charge is 0.478 e. The van der Waals surface area contributed by atoms with E-state index in [4.69, 9.17) is 0 Å². The van der Waals surface area contributed by atoms with Crippen molar-refractivity contribution in [3.63, 3.8) is 0 Å². The van der Waals surface area contributed by atoms with Crippen molar-refractivity contribution in [3.8, 4) is 11.3 Å². The summed E-state index contributed by atoms with van der Waals surface area (Å²) in [6, 6.07) is 17.5. The summed E-state index contributed by atoms with van der Waals surface area (Å²) >= 11 is 0. The molecule has 0 atom stereocenters. The lowest BCUT2D eigenvalue weighted by atomic mass is 10.1. The zero-order chi connectivity index (χ0) is 18.0. The van der Waals surface area contributed by atoms with E-state index in [2.05, 4.69) is 0 Å². The van der Waals surface area contributed by atoms with Gasteiger partial charge in [0.25, 0.3) is 5.69 Å². The lowest BCUT2D eigenvalue weighted by molar-refractivity contribution is -0.384. The first-order chi connectivity index (χ1) is 12.0. The topological polar surface area (TPSA) is 85.4 Å². The number of nitrogens with zero attached hydrogens (tertiary/aromatic N) is 2. The maximum absolute atomic E-state index is 11.5. The summed E-state index contributed by atoms with van der Waals surface area (Å²) in [6.07, 6.45) is 0. The molecule has 3 rings (SSSR count). The number of benzene rings is 2. The standard InChI is InChI=1S/C19H16N2O4/c1-13-17(19(22)23)11-18(15-7-9-16(10-8-15)21(24)25)20(13)12-14-5-3-2-4-6-14/h2-11H,12H2,1H3,(H,22,23). The van der Waals surface area contributed by atoms with Crippen LogP contribution >= 0.6 is 0 Å². The molecule has 1 heterocycles. The molecule has 6 nitrogen and oxygen atoms in total. The third kappa shape index (κ3) is 3.28. The number of rotatable bonds is 5. The molecule has 0 spiro atoms. The van der Waals surface area contributed by atoms with Gasteiger partial charge in [-0.05, 0) is 36.2 Å². The van der Waals surface area contributed by atoms with Crippen LogP contribution in [-0.2, 0) is 6.54 Å². The first-order valence-electron chi connectivity index (χ1n) is 7.69. The number of carboxylic acid groups (broad SMARTS) is 1. The molecule has 6 heteroatoms. The van der Waals surface area contributed by atoms with E-state index in [1.165, 1.54) is 12.1 Å². The molecule has 2 aromatic carbocycles. The van der Waals surface area contributed by atoms with Crippen molar-refractivity contribution in [2.24, 2.45) is 0 Å². The van der Waals surface area contributed by atoms with Crippen molar-refractivity contribution in [2.45, 2.75) is 13.5 Å². The first kappa shape index (κ1) is 16.4. The van der Waals surface area contributed by atoms with Gasteiger partial charge < -0.3 is 9.67 Å². The Morgan fingerprint density at radius 2 is 1.76 bits per heavy atom. The normalized spacial score (nSPS) is 10.6. The van der Waals surface area contributed by atoms with Crippen LogP contribution in [0.3, 0.4) is 0 Å². The van der Waals surface area contributed by atoms with E-state index in [9.17, 15) is 20.0 Å². The van der Waals surface area contributed by atoms with E-state index in [1.807, 2.05) is 34.9 Å². The molecule has 3 aromatic rings. The molecule has 0 amide bonds. The Bertz CT molecular complexity index is 928. The summed E-state index contributed by atoms with van der Waals surface area (Å²) in [4.78, 5) is 21.9. The van der Waals surface area contributed by atoms with Crippen molar-refractivity contribution in [2.75, 3.05) is 0 Å². The van der Waals surface area contributed by atoms with Gasteiger partial charge in [-0.1, -0.05) is 30.3 Å². The molecule has 0 bridgehead atoms. The van der Waals surface area contributed by atoms with Crippen LogP contribution in [0, 0.1) is 17.0 Å². The monoisotopic (exact) mass is 336 g/mol. The Hall–Kier alpha value is -3.41. The smallest absolute Gasteiger partial charge is 0.337 e. The van der Waals surface area contributed by atoms with Crippen LogP contribution in [0.5, 0.6) is 0 Å². The fraction of sp³-hybridized carbons (Fsp3) is 0.105. The van der Waals surface area contributed by atoms with Gasteiger partial charge in [0, 0.05) is 30.1 Å². The quantitative estimate of drug-likeness (QED) is 0.561. The van der Waals surface area contributed by atoms with Gasteiger partial charge >= 0.3 is 5.97 Å². The predicted octanol–water partition coefficient (Wildman–Crippen LogP) is 4.12. The summed E-state index contributed by atoms with van der Waals surface area (Å²) in [5.41, 5.74) is 3.36. The van der Waals surface area contributed by atoms with Gasteiger partial charge in [0.05, 0.1) is 10.5 Å². The van der Waals surface area contributed by atoms with Crippen molar-refractivity contribution in [1.82, 2.24) is 4.57 Å². The van der Waals surface area contributed by atoms with Crippen LogP contribution < -0.4 is 0 Å². The molecule has 1 aromatic heterocycles. The molecule has 0 unspecified atom stereocenters. The van der Waals surface area contributed by atoms with E-state index in [0.717, 1.165) is 11.1 Å². The third-order valence-corrected chi connectivity index (χ3v) is 4.15. The molecule has 0 aliphatic heterocycles. The minimum Gasteiger partial charge on any atom is -0.478 e. The molecular formula is C19H16N2O4. The van der Waals surface area contributed by atoms with E-state index in [-0.39, 0.29) is 11.3 Å². The second kappa shape index (κ2) is 6.60. The molecule has 25 heavy (non-hydrogen) atoms. The highest BCUT2D eigenvalue weighted by Gasteiger charge is 2.18. The van der Waals surface area contributed by atoms with Gasteiger partial charge in [-0.2, -0.15) is 0 Å². The number of carbonyl (C=O) groups is 1. The van der Waals surface area contributed by atoms with Crippen LogP contribution in [-0.4, -0.2) is 20.6 Å². The maximum atomic E-state index is 11.5. The average Bonchev–Trinajstić information content (AvgIpc) is 2.93. The molecule has 0 fully saturated rings. The number of hydrogen-bond donors (Lipinski definition) is 1. The van der Waals surface area contributed by atoms with Gasteiger partial charge in [-0.15, -0.1) is 0 Å². The number of nitro groups is 1. The Kier molecular flexibility index (Phi) is 4.35. The SMILES string of the molecule is Cc1c(C(=O)O)cc(-c2ccc([N+](=O)[O-])cc2)n1Cc1ccccc1. The Morgan fingerprint density at radius 3 is 2.32 bits per heavy atom. The van der Waals surface area contributed by atoms with E-state index < -0.39 is 10.9 Å². The number of aromatic nitrogens is 1. The molecule has 0 radical (unpaired) electrons. The third-order valence-electron chi connectivity index (χ3n) is 4.15. The molecule has 126 valence electrons. The zero-order valence-corrected chi connectivity index (χ0v) is 13.5. The van der Waals surface area contributed by atoms with Crippen LogP contribution in [0.2, 0.25) is 0 Å². The fourth-order valence-corrected chi connectivity index (χ4v) is 2.82. The predicted molar refractivity (Wildman–Crippen MR) is 93.8 cm³/mol. The number of carboxylic acids is 1. The van der Waals surface area contributed by atoms with Gasteiger partial charge in [0.15, 0.2) is 0 Å². The minimum absolute atomic E-state index is 0.0000884. The minimum atomic E-state index is -0.993. The lowest BCUT2D eigenvalue weighted by Gasteiger charge is -2.12. The van der Waals surface area contributed by atoms with Crippen LogP contribution in [0.25, 0.3) is 11.3 Å². The second-order valence-corrected chi connectivity index (χ2v) is 5.71. The Morgan fingerprint density at radius 1 is 1.12 bits per heavy atom. The van der Waals surface area contributed by atoms with Crippen molar-refractivity contribution >= 4 is 11.7 Å². The molecule has 0 saturated heterocycles. The van der Waals surface area contributed by atoms with E-state index in [1.54, 1.807) is 25.1 Å². The van der Waals surface area contributed by atoms with Gasteiger partial charge in [-0.3, -0.25) is 10.1 Å². The maximum Gasteiger partial charge on any atom is 0.337 e. The first-order valence-corrected chi connectivity index (χ1v) is 7.69. The fourth-order valence-electron chi connectivity index (χ4n) is 2.82. The average molecular weight is 336 g/mol. The summed E-state index contributed by atoms with van der Waals surface area (Å²) in [6.45, 7) is 2.29. The summed E-state index contributed by atoms with van der Waals surface area (Å²) in [7, 11) is 0. The summed E-state index contributed by atoms with van der Waals surface area (Å²) < 4.78 is 1.92. The molecular weight excluding hydrogens is 320 g/mol.